The molecule has 0 bridgehead atoms. The van der Waals surface area contributed by atoms with Crippen molar-refractivity contribution in [3.63, 3.8) is 0 Å². The smallest absolute Gasteiger partial charge is 0.314 e. The molecule has 0 saturated heterocycles. The van der Waals surface area contributed by atoms with Crippen LogP contribution < -0.4 is 14.8 Å². The monoisotopic (exact) mass is 411 g/mol. The van der Waals surface area contributed by atoms with Gasteiger partial charge in [-0.05, 0) is 24.5 Å². The van der Waals surface area contributed by atoms with Gasteiger partial charge in [0.25, 0.3) is 5.91 Å². The number of amides is 1. The number of Topliss-reactive ketones (excluding diaryl/α,β-unsaturated/α-hetero) is 1. The van der Waals surface area contributed by atoms with E-state index in [4.69, 9.17) is 14.2 Å². The Morgan fingerprint density at radius 2 is 1.77 bits per heavy atom. The fourth-order valence-corrected chi connectivity index (χ4v) is 3.34. The van der Waals surface area contributed by atoms with Gasteiger partial charge in [0.1, 0.15) is 0 Å². The van der Waals surface area contributed by atoms with Gasteiger partial charge in [0.05, 0.1) is 11.6 Å². The topological polar surface area (TPSA) is 90.9 Å². The lowest BCUT2D eigenvalue weighted by molar-refractivity contribution is -0.150. The van der Waals surface area contributed by atoms with Gasteiger partial charge in [0.15, 0.2) is 23.9 Å². The summed E-state index contributed by atoms with van der Waals surface area (Å²) < 4.78 is 15.9. The number of hydrogen-bond donors (Lipinski definition) is 1. The first-order valence-corrected chi connectivity index (χ1v) is 9.86. The van der Waals surface area contributed by atoms with Crippen molar-refractivity contribution in [2.24, 2.45) is 5.92 Å². The molecule has 2 aromatic carbocycles. The van der Waals surface area contributed by atoms with E-state index in [1.807, 2.05) is 44.2 Å². The zero-order valence-electron chi connectivity index (χ0n) is 17.3. The van der Waals surface area contributed by atoms with Crippen LogP contribution in [0.3, 0.4) is 0 Å². The molecule has 1 N–H and O–H groups in total. The lowest BCUT2D eigenvalue weighted by atomic mass is 9.86. The molecule has 1 aliphatic heterocycles. The van der Waals surface area contributed by atoms with Crippen molar-refractivity contribution in [3.8, 4) is 11.5 Å². The maximum Gasteiger partial charge on any atom is 0.314 e. The first kappa shape index (κ1) is 21.4. The van der Waals surface area contributed by atoms with Gasteiger partial charge < -0.3 is 19.5 Å². The highest BCUT2D eigenvalue weighted by Gasteiger charge is 2.28. The average molecular weight is 411 g/mol. The predicted octanol–water partition coefficient (Wildman–Crippen LogP) is 3.93. The third-order valence-electron chi connectivity index (χ3n) is 5.14. The number of carbonyl (C=O) groups is 3. The van der Waals surface area contributed by atoms with Crippen molar-refractivity contribution < 1.29 is 28.6 Å². The number of anilines is 1. The number of benzene rings is 2. The van der Waals surface area contributed by atoms with E-state index in [-0.39, 0.29) is 24.2 Å². The fraction of sp³-hybridized carbons (Fsp3) is 0.348. The summed E-state index contributed by atoms with van der Waals surface area (Å²) in [6.45, 7) is 4.97. The molecule has 2 atom stereocenters. The van der Waals surface area contributed by atoms with Gasteiger partial charge in [-0.2, -0.15) is 0 Å². The summed E-state index contributed by atoms with van der Waals surface area (Å²) in [6.07, 6.45) is 0.792. The van der Waals surface area contributed by atoms with Gasteiger partial charge in [-0.1, -0.05) is 50.6 Å². The molecule has 0 radical (unpaired) electrons. The van der Waals surface area contributed by atoms with Crippen molar-refractivity contribution >= 4 is 23.3 Å². The number of nitrogens with one attached hydrogen (secondary N) is 1. The van der Waals surface area contributed by atoms with Gasteiger partial charge >= 0.3 is 5.97 Å². The second-order valence-electron chi connectivity index (χ2n) is 7.24. The van der Waals surface area contributed by atoms with Crippen LogP contribution in [0.25, 0.3) is 0 Å². The summed E-state index contributed by atoms with van der Waals surface area (Å²) >= 11 is 0. The second-order valence-corrected chi connectivity index (χ2v) is 7.24. The van der Waals surface area contributed by atoms with Gasteiger partial charge in [-0.3, -0.25) is 14.4 Å². The number of ether oxygens (including phenoxy) is 3. The molecule has 0 spiro atoms. The highest BCUT2D eigenvalue weighted by molar-refractivity contribution is 6.05. The van der Waals surface area contributed by atoms with Crippen molar-refractivity contribution in [2.45, 2.75) is 33.1 Å². The number of esters is 1. The number of carbonyl (C=O) groups excluding carboxylic acids is 3. The van der Waals surface area contributed by atoms with E-state index < -0.39 is 24.4 Å². The summed E-state index contributed by atoms with van der Waals surface area (Å²) in [4.78, 5) is 37.1. The fourth-order valence-electron chi connectivity index (χ4n) is 3.34. The minimum Gasteiger partial charge on any atom is -0.455 e. The van der Waals surface area contributed by atoms with Crippen molar-refractivity contribution in [1.29, 1.82) is 0 Å². The number of ketones is 1. The van der Waals surface area contributed by atoms with Crippen molar-refractivity contribution in [1.82, 2.24) is 0 Å². The van der Waals surface area contributed by atoms with E-state index in [0.29, 0.717) is 17.1 Å². The first-order valence-electron chi connectivity index (χ1n) is 9.86. The number of rotatable bonds is 8. The molecule has 0 saturated carbocycles. The average Bonchev–Trinajstić information content (AvgIpc) is 3.19. The third kappa shape index (κ3) is 4.79. The lowest BCUT2D eigenvalue weighted by Gasteiger charge is -2.21. The van der Waals surface area contributed by atoms with Crippen LogP contribution in [0.2, 0.25) is 0 Å². The second kappa shape index (κ2) is 9.43. The molecule has 0 aromatic heterocycles. The van der Waals surface area contributed by atoms with E-state index in [9.17, 15) is 14.4 Å². The molecule has 7 heteroatoms. The van der Waals surface area contributed by atoms with Crippen molar-refractivity contribution in [2.75, 3.05) is 18.7 Å². The van der Waals surface area contributed by atoms with Crippen LogP contribution >= 0.6 is 0 Å². The molecular weight excluding hydrogens is 386 g/mol. The molecule has 1 amide bonds. The van der Waals surface area contributed by atoms with Gasteiger partial charge in [0, 0.05) is 11.6 Å². The molecule has 2 aromatic rings. The minimum absolute atomic E-state index is 0.0537. The van der Waals surface area contributed by atoms with Crippen LogP contribution in [-0.2, 0) is 14.3 Å². The molecule has 30 heavy (non-hydrogen) atoms. The maximum atomic E-state index is 12.7. The molecule has 1 aliphatic rings. The van der Waals surface area contributed by atoms with E-state index in [2.05, 4.69) is 5.32 Å². The Bertz CT molecular complexity index is 940. The molecule has 1 heterocycles. The van der Waals surface area contributed by atoms with Gasteiger partial charge in [-0.25, -0.2) is 0 Å². The van der Waals surface area contributed by atoms with Crippen molar-refractivity contribution in [3.05, 3.63) is 53.6 Å². The molecule has 0 aliphatic carbocycles. The highest BCUT2D eigenvalue weighted by Crippen LogP contribution is 2.37. The summed E-state index contributed by atoms with van der Waals surface area (Å²) in [5, 5.41) is 2.63. The van der Waals surface area contributed by atoms with Crippen LogP contribution in [0.4, 0.5) is 5.69 Å². The Hall–Kier alpha value is -3.35. The zero-order valence-corrected chi connectivity index (χ0v) is 17.3. The quantitative estimate of drug-likeness (QED) is 0.523. The Morgan fingerprint density at radius 1 is 1.10 bits per heavy atom. The van der Waals surface area contributed by atoms with Crippen LogP contribution in [-0.4, -0.2) is 31.1 Å². The van der Waals surface area contributed by atoms with E-state index in [1.165, 1.54) is 19.1 Å². The SMILES string of the molecule is CC[C@H](C)[C@H](C(=O)OCC(=O)Nc1cc2c(cc1C(C)=O)OCO2)c1ccccc1. The predicted molar refractivity (Wildman–Crippen MR) is 111 cm³/mol. The molecule has 158 valence electrons. The number of hydrogen-bond acceptors (Lipinski definition) is 6. The first-order chi connectivity index (χ1) is 14.4. The van der Waals surface area contributed by atoms with E-state index in [1.54, 1.807) is 0 Å². The Balaban J connectivity index is 1.68. The zero-order chi connectivity index (χ0) is 21.7. The van der Waals surface area contributed by atoms with Crippen LogP contribution in [0.15, 0.2) is 42.5 Å². The molecule has 3 rings (SSSR count). The third-order valence-corrected chi connectivity index (χ3v) is 5.14. The normalized spacial score (nSPS) is 14.0. The van der Waals surface area contributed by atoms with Gasteiger partial charge in [0.2, 0.25) is 6.79 Å². The van der Waals surface area contributed by atoms with Crippen LogP contribution in [0, 0.1) is 5.92 Å². The summed E-state index contributed by atoms with van der Waals surface area (Å²) in [5.41, 5.74) is 1.43. The highest BCUT2D eigenvalue weighted by atomic mass is 16.7. The van der Waals surface area contributed by atoms with Crippen LogP contribution in [0.1, 0.15) is 49.0 Å². The Morgan fingerprint density at radius 3 is 2.40 bits per heavy atom. The molecular formula is C23H25NO6. The Labute approximate surface area is 175 Å². The molecule has 0 fully saturated rings. The lowest BCUT2D eigenvalue weighted by Crippen LogP contribution is -2.27. The van der Waals surface area contributed by atoms with Gasteiger partial charge in [-0.15, -0.1) is 0 Å². The summed E-state index contributed by atoms with van der Waals surface area (Å²) in [6, 6.07) is 12.4. The standard InChI is InChI=1S/C23H25NO6/c1-4-14(2)22(16-8-6-5-7-9-16)23(27)28-12-21(26)24-18-11-20-19(29-13-30-20)10-17(18)15(3)25/h5-11,14,22H,4,12-13H2,1-3H3,(H,24,26)/t14-,22-/m0/s1. The maximum absolute atomic E-state index is 12.7. The number of fused-ring (bicyclic) bond motifs is 1. The minimum atomic E-state index is -0.541. The largest absolute Gasteiger partial charge is 0.455 e. The molecule has 7 nitrogen and oxygen atoms in total. The summed E-state index contributed by atoms with van der Waals surface area (Å²) in [5.74, 6) is -0.745. The Kier molecular flexibility index (Phi) is 6.72. The van der Waals surface area contributed by atoms with E-state index >= 15 is 0 Å². The summed E-state index contributed by atoms with van der Waals surface area (Å²) in [7, 11) is 0. The van der Waals surface area contributed by atoms with Crippen LogP contribution in [0.5, 0.6) is 11.5 Å². The molecule has 0 unspecified atom stereocenters. The van der Waals surface area contributed by atoms with E-state index in [0.717, 1.165) is 12.0 Å².